The lowest BCUT2D eigenvalue weighted by molar-refractivity contribution is 0.149. The van der Waals surface area contributed by atoms with Crippen LogP contribution < -0.4 is 9.03 Å². The number of halogens is 2. The van der Waals surface area contributed by atoms with E-state index in [9.17, 15) is 16.8 Å². The molecule has 0 spiro atoms. The van der Waals surface area contributed by atoms with E-state index in [-0.39, 0.29) is 40.4 Å². The van der Waals surface area contributed by atoms with Gasteiger partial charge in [0.05, 0.1) is 33.8 Å². The SMILES string of the molecule is O=S(=O)(Nc1ccc(Cl)c(-c2nccc3ccccc23)c1)c1ccc(N2COCCS2(=O)=O)cc1Cl. The number of benzene rings is 3. The highest BCUT2D eigenvalue weighted by atomic mass is 35.5. The Kier molecular flexibility index (Phi) is 6.56. The Labute approximate surface area is 218 Å². The zero-order valence-corrected chi connectivity index (χ0v) is 21.7. The number of hydrogen-bond donors (Lipinski definition) is 1. The minimum atomic E-state index is -4.12. The third kappa shape index (κ3) is 4.74. The summed E-state index contributed by atoms with van der Waals surface area (Å²) in [5.74, 6) is -0.170. The van der Waals surface area contributed by atoms with E-state index >= 15 is 0 Å². The van der Waals surface area contributed by atoms with Crippen molar-refractivity contribution >= 4 is 65.4 Å². The highest BCUT2D eigenvalue weighted by Gasteiger charge is 2.28. The van der Waals surface area contributed by atoms with E-state index in [0.717, 1.165) is 15.1 Å². The van der Waals surface area contributed by atoms with Crippen molar-refractivity contribution in [3.63, 3.8) is 0 Å². The molecule has 0 bridgehead atoms. The molecular weight excluding hydrogens is 545 g/mol. The molecule has 36 heavy (non-hydrogen) atoms. The quantitative estimate of drug-likeness (QED) is 0.360. The molecule has 8 nitrogen and oxygen atoms in total. The molecule has 3 aromatic carbocycles. The Bertz CT molecular complexity index is 1690. The fourth-order valence-corrected chi connectivity index (χ4v) is 6.93. The first-order valence-corrected chi connectivity index (χ1v) is 14.5. The Hall–Kier alpha value is -2.89. The predicted molar refractivity (Wildman–Crippen MR) is 142 cm³/mol. The second kappa shape index (κ2) is 9.53. The van der Waals surface area contributed by atoms with Crippen LogP contribution in [0.25, 0.3) is 22.0 Å². The Morgan fingerprint density at radius 2 is 1.78 bits per heavy atom. The van der Waals surface area contributed by atoms with E-state index in [1.807, 2.05) is 30.3 Å². The fraction of sp³-hybridized carbons (Fsp3) is 0.125. The first kappa shape index (κ1) is 24.8. The van der Waals surface area contributed by atoms with Crippen LogP contribution in [-0.4, -0.2) is 40.9 Å². The number of hydrogen-bond acceptors (Lipinski definition) is 6. The van der Waals surface area contributed by atoms with Crippen LogP contribution in [0.2, 0.25) is 10.0 Å². The molecule has 0 amide bonds. The molecule has 2 heterocycles. The topological polar surface area (TPSA) is 106 Å². The van der Waals surface area contributed by atoms with Crippen LogP contribution in [0.4, 0.5) is 11.4 Å². The lowest BCUT2D eigenvalue weighted by atomic mass is 10.0. The highest BCUT2D eigenvalue weighted by Crippen LogP contribution is 2.35. The summed E-state index contributed by atoms with van der Waals surface area (Å²) < 4.78 is 59.8. The van der Waals surface area contributed by atoms with Crippen molar-refractivity contribution in [1.29, 1.82) is 0 Å². The molecule has 0 aliphatic carbocycles. The molecule has 1 N–H and O–H groups in total. The molecule has 0 unspecified atom stereocenters. The monoisotopic (exact) mass is 563 g/mol. The van der Waals surface area contributed by atoms with Gasteiger partial charge >= 0.3 is 0 Å². The van der Waals surface area contributed by atoms with Crippen molar-refractivity contribution in [1.82, 2.24) is 4.98 Å². The maximum absolute atomic E-state index is 13.2. The number of ether oxygens (including phenoxy) is 1. The van der Waals surface area contributed by atoms with E-state index in [4.69, 9.17) is 27.9 Å². The molecule has 0 saturated carbocycles. The highest BCUT2D eigenvalue weighted by molar-refractivity contribution is 7.93. The van der Waals surface area contributed by atoms with Crippen LogP contribution >= 0.6 is 23.2 Å². The third-order valence-corrected chi connectivity index (χ3v) is 9.53. The average molecular weight is 564 g/mol. The predicted octanol–water partition coefficient (Wildman–Crippen LogP) is 5.13. The molecule has 5 rings (SSSR count). The standard InChI is InChI=1S/C24H19Cl2N3O5S2/c25-21-7-5-17(13-20(21)24-19-4-2-1-3-16(19)9-10-27-24)28-36(32,33)23-8-6-18(14-22(23)26)29-15-34-11-12-35(29,30)31/h1-10,13-14,28H,11-12,15H2. The van der Waals surface area contributed by atoms with Gasteiger partial charge in [0.1, 0.15) is 11.6 Å². The Balaban J connectivity index is 1.48. The summed E-state index contributed by atoms with van der Waals surface area (Å²) in [7, 11) is -7.69. The third-order valence-electron chi connectivity index (χ3n) is 5.67. The molecule has 1 aliphatic heterocycles. The van der Waals surface area contributed by atoms with Gasteiger partial charge in [-0.2, -0.15) is 0 Å². The largest absolute Gasteiger partial charge is 0.359 e. The van der Waals surface area contributed by atoms with Gasteiger partial charge in [-0.25, -0.2) is 21.1 Å². The second-order valence-corrected chi connectivity index (χ2v) is 12.5. The zero-order chi connectivity index (χ0) is 25.5. The maximum atomic E-state index is 13.2. The summed E-state index contributed by atoms with van der Waals surface area (Å²) in [4.78, 5) is 4.26. The lowest BCUT2D eigenvalue weighted by Gasteiger charge is -2.28. The van der Waals surface area contributed by atoms with E-state index in [1.165, 1.54) is 24.3 Å². The molecule has 1 aromatic heterocycles. The second-order valence-electron chi connectivity index (χ2n) is 8.00. The molecule has 12 heteroatoms. The number of pyridine rings is 1. The normalized spacial score (nSPS) is 15.7. The van der Waals surface area contributed by atoms with Crippen molar-refractivity contribution in [2.45, 2.75) is 4.90 Å². The van der Waals surface area contributed by atoms with E-state index < -0.39 is 20.0 Å². The van der Waals surface area contributed by atoms with Crippen molar-refractivity contribution in [2.75, 3.05) is 28.1 Å². The number of fused-ring (bicyclic) bond motifs is 1. The molecular formula is C24H19Cl2N3O5S2. The number of nitrogens with one attached hydrogen (secondary N) is 1. The van der Waals surface area contributed by atoms with Crippen molar-refractivity contribution in [3.05, 3.63) is 83.0 Å². The van der Waals surface area contributed by atoms with Crippen LogP contribution in [0.3, 0.4) is 0 Å². The summed E-state index contributed by atoms with van der Waals surface area (Å²) >= 11 is 12.8. The number of nitrogens with zero attached hydrogens (tertiary/aromatic N) is 2. The van der Waals surface area contributed by atoms with E-state index in [0.29, 0.717) is 16.3 Å². The van der Waals surface area contributed by atoms with E-state index in [1.54, 1.807) is 18.3 Å². The van der Waals surface area contributed by atoms with Crippen molar-refractivity contribution in [2.24, 2.45) is 0 Å². The van der Waals surface area contributed by atoms with Gasteiger partial charge in [-0.3, -0.25) is 9.71 Å². The molecule has 0 radical (unpaired) electrons. The Morgan fingerprint density at radius 1 is 0.972 bits per heavy atom. The number of rotatable bonds is 5. The number of sulfonamides is 2. The number of anilines is 2. The smallest absolute Gasteiger partial charge is 0.263 e. The number of aromatic nitrogens is 1. The van der Waals surface area contributed by atoms with Crippen molar-refractivity contribution in [3.8, 4) is 11.3 Å². The van der Waals surface area contributed by atoms with Crippen LogP contribution in [0.5, 0.6) is 0 Å². The van der Waals surface area contributed by atoms with Gasteiger partial charge in [0, 0.05) is 22.8 Å². The molecule has 1 aliphatic rings. The minimum Gasteiger partial charge on any atom is -0.359 e. The van der Waals surface area contributed by atoms with Crippen LogP contribution in [0, 0.1) is 0 Å². The molecule has 1 saturated heterocycles. The Morgan fingerprint density at radius 3 is 2.56 bits per heavy atom. The minimum absolute atomic E-state index is 0.0975. The fourth-order valence-electron chi connectivity index (χ4n) is 3.91. The van der Waals surface area contributed by atoms with Gasteiger partial charge in [-0.05, 0) is 47.9 Å². The summed E-state index contributed by atoms with van der Waals surface area (Å²) in [6.45, 7) is -0.0703. The average Bonchev–Trinajstić information content (AvgIpc) is 2.84. The molecule has 1 fully saturated rings. The van der Waals surface area contributed by atoms with Gasteiger partial charge in [0.2, 0.25) is 10.0 Å². The van der Waals surface area contributed by atoms with E-state index in [2.05, 4.69) is 9.71 Å². The molecule has 4 aromatic rings. The van der Waals surface area contributed by atoms with Gasteiger partial charge in [0.15, 0.2) is 0 Å². The summed E-state index contributed by atoms with van der Waals surface area (Å²) in [6.07, 6.45) is 1.67. The van der Waals surface area contributed by atoms with Gasteiger partial charge in [0.25, 0.3) is 10.0 Å². The van der Waals surface area contributed by atoms with Crippen molar-refractivity contribution < 1.29 is 21.6 Å². The summed E-state index contributed by atoms with van der Waals surface area (Å²) in [6, 6.07) is 18.2. The van der Waals surface area contributed by atoms with Gasteiger partial charge in [-0.1, -0.05) is 47.5 Å². The molecule has 186 valence electrons. The van der Waals surface area contributed by atoms with Gasteiger partial charge < -0.3 is 4.74 Å². The van der Waals surface area contributed by atoms with Crippen LogP contribution in [0.1, 0.15) is 0 Å². The van der Waals surface area contributed by atoms with Crippen LogP contribution in [0.15, 0.2) is 77.8 Å². The summed E-state index contributed by atoms with van der Waals surface area (Å²) in [5.41, 5.74) is 1.66. The molecule has 0 atom stereocenters. The maximum Gasteiger partial charge on any atom is 0.263 e. The lowest BCUT2D eigenvalue weighted by Crippen LogP contribution is -2.41. The first-order chi connectivity index (χ1) is 17.2. The zero-order valence-electron chi connectivity index (χ0n) is 18.6. The summed E-state index contributed by atoms with van der Waals surface area (Å²) in [5, 5.41) is 2.12. The van der Waals surface area contributed by atoms with Gasteiger partial charge in [-0.15, -0.1) is 0 Å². The van der Waals surface area contributed by atoms with Crippen LogP contribution in [-0.2, 0) is 24.8 Å². The first-order valence-electron chi connectivity index (χ1n) is 10.7.